The van der Waals surface area contributed by atoms with Gasteiger partial charge < -0.3 is 4.90 Å². The maximum absolute atomic E-state index is 12.9. The van der Waals surface area contributed by atoms with Gasteiger partial charge in [-0.05, 0) is 34.5 Å². The molecule has 1 fully saturated rings. The van der Waals surface area contributed by atoms with Gasteiger partial charge in [-0.1, -0.05) is 41.4 Å². The lowest BCUT2D eigenvalue weighted by Crippen LogP contribution is -2.48. The number of para-hydroxylation sites is 1. The summed E-state index contributed by atoms with van der Waals surface area (Å²) in [6.07, 6.45) is 0. The van der Waals surface area contributed by atoms with Crippen molar-refractivity contribution in [3.05, 3.63) is 43.0 Å². The van der Waals surface area contributed by atoms with Gasteiger partial charge in [0.2, 0.25) is 10.0 Å². The molecule has 130 valence electrons. The molecule has 9 heteroatoms. The molecule has 4 nitrogen and oxygen atoms in total. The third-order valence-electron chi connectivity index (χ3n) is 4.02. The van der Waals surface area contributed by atoms with E-state index in [0.717, 1.165) is 17.0 Å². The number of piperazine rings is 1. The number of halogens is 3. The van der Waals surface area contributed by atoms with Crippen LogP contribution in [0.2, 0.25) is 8.67 Å². The Morgan fingerprint density at radius 3 is 2.25 bits per heavy atom. The molecule has 1 aliphatic heterocycles. The molecule has 24 heavy (non-hydrogen) atoms. The Morgan fingerprint density at radius 1 is 1.08 bits per heavy atom. The molecule has 0 atom stereocenters. The molecule has 0 aliphatic carbocycles. The summed E-state index contributed by atoms with van der Waals surface area (Å²) < 4.78 is 28.1. The number of rotatable bonds is 3. The molecule has 2 aromatic rings. The predicted octanol–water partition coefficient (Wildman–Crippen LogP) is 4.64. The third-order valence-corrected chi connectivity index (χ3v) is 9.39. The Balaban J connectivity index is 1.80. The van der Waals surface area contributed by atoms with Gasteiger partial charge in [0.25, 0.3) is 0 Å². The van der Waals surface area contributed by atoms with E-state index in [1.807, 2.05) is 12.1 Å². The van der Waals surface area contributed by atoms with Gasteiger partial charge in [0, 0.05) is 31.9 Å². The van der Waals surface area contributed by atoms with Gasteiger partial charge in [-0.3, -0.25) is 0 Å². The van der Waals surface area contributed by atoms with Crippen LogP contribution in [0.3, 0.4) is 0 Å². The van der Waals surface area contributed by atoms with Crippen molar-refractivity contribution >= 4 is 66.2 Å². The van der Waals surface area contributed by atoms with Crippen molar-refractivity contribution in [1.29, 1.82) is 0 Å². The Kier molecular flexibility index (Phi) is 5.49. The number of hydrogen-bond donors (Lipinski definition) is 0. The molecule has 0 bridgehead atoms. The number of thiophene rings is 1. The van der Waals surface area contributed by atoms with Crippen LogP contribution in [0.25, 0.3) is 0 Å². The fourth-order valence-electron chi connectivity index (χ4n) is 2.78. The second-order valence-electron chi connectivity index (χ2n) is 5.47. The van der Waals surface area contributed by atoms with E-state index in [9.17, 15) is 8.42 Å². The molecule has 1 aliphatic rings. The molecule has 0 spiro atoms. The van der Waals surface area contributed by atoms with E-state index in [-0.39, 0.29) is 9.23 Å². The molecule has 0 saturated carbocycles. The average Bonchev–Trinajstić information content (AvgIpc) is 2.81. The lowest BCUT2D eigenvalue weighted by Gasteiger charge is -2.36. The molecular weight excluding hydrogens is 455 g/mol. The predicted molar refractivity (Wildman–Crippen MR) is 104 cm³/mol. The van der Waals surface area contributed by atoms with Crippen LogP contribution in [0, 0.1) is 6.92 Å². The monoisotopic (exact) mass is 468 g/mol. The number of hydrogen-bond acceptors (Lipinski definition) is 4. The first kappa shape index (κ1) is 18.5. The average molecular weight is 470 g/mol. The van der Waals surface area contributed by atoms with Crippen LogP contribution in [0.5, 0.6) is 0 Å². The van der Waals surface area contributed by atoms with Gasteiger partial charge in [-0.25, -0.2) is 8.42 Å². The van der Waals surface area contributed by atoms with Gasteiger partial charge in [-0.15, -0.1) is 11.3 Å². The quantitative estimate of drug-likeness (QED) is 0.657. The minimum Gasteiger partial charge on any atom is -0.369 e. The second-order valence-corrected chi connectivity index (χ2v) is 10.4. The minimum atomic E-state index is -3.66. The molecule has 1 aromatic carbocycles. The summed E-state index contributed by atoms with van der Waals surface area (Å²) in [5.41, 5.74) is 2.33. The normalized spacial score (nSPS) is 16.6. The first-order chi connectivity index (χ1) is 11.3. The van der Waals surface area contributed by atoms with Crippen LogP contribution in [-0.2, 0) is 10.0 Å². The molecule has 2 heterocycles. The van der Waals surface area contributed by atoms with Crippen LogP contribution >= 0.6 is 50.5 Å². The summed E-state index contributed by atoms with van der Waals surface area (Å²) in [4.78, 5) is 2.28. The lowest BCUT2D eigenvalue weighted by molar-refractivity contribution is 0.384. The Morgan fingerprint density at radius 2 is 1.71 bits per heavy atom. The number of nitrogens with zero attached hydrogens (tertiary/aromatic N) is 2. The number of sulfonamides is 1. The molecule has 1 saturated heterocycles. The Hall–Kier alpha value is -0.310. The smallest absolute Gasteiger partial charge is 0.246 e. The van der Waals surface area contributed by atoms with E-state index < -0.39 is 10.0 Å². The van der Waals surface area contributed by atoms with Gasteiger partial charge in [0.05, 0.1) is 4.47 Å². The second kappa shape index (κ2) is 7.13. The maximum atomic E-state index is 12.9. The van der Waals surface area contributed by atoms with E-state index in [4.69, 9.17) is 23.2 Å². The summed E-state index contributed by atoms with van der Waals surface area (Å²) in [6, 6.07) is 8.11. The zero-order valence-corrected chi connectivity index (χ0v) is 17.5. The summed E-state index contributed by atoms with van der Waals surface area (Å²) in [5.74, 6) is 0. The number of benzene rings is 1. The van der Waals surface area contributed by atoms with Crippen LogP contribution in [0.15, 0.2) is 33.6 Å². The van der Waals surface area contributed by atoms with Crippen LogP contribution in [0.1, 0.15) is 5.56 Å². The first-order valence-electron chi connectivity index (χ1n) is 7.26. The zero-order chi connectivity index (χ0) is 17.5. The number of anilines is 1. The maximum Gasteiger partial charge on any atom is 0.246 e. The SMILES string of the molecule is Cc1ccccc1N1CCN(S(=O)(=O)c2c(Cl)sc(Cl)c2Br)CC1. The highest BCUT2D eigenvalue weighted by Crippen LogP contribution is 2.44. The van der Waals surface area contributed by atoms with Crippen molar-refractivity contribution in [2.24, 2.45) is 0 Å². The lowest BCUT2D eigenvalue weighted by atomic mass is 10.1. The zero-order valence-electron chi connectivity index (χ0n) is 12.8. The van der Waals surface area contributed by atoms with Crippen molar-refractivity contribution in [2.75, 3.05) is 31.1 Å². The molecule has 0 N–H and O–H groups in total. The molecule has 0 amide bonds. The molecule has 0 unspecified atom stereocenters. The van der Waals surface area contributed by atoms with Gasteiger partial charge in [-0.2, -0.15) is 4.31 Å². The highest BCUT2D eigenvalue weighted by atomic mass is 79.9. The van der Waals surface area contributed by atoms with Crippen LogP contribution in [0.4, 0.5) is 5.69 Å². The van der Waals surface area contributed by atoms with Crippen molar-refractivity contribution in [2.45, 2.75) is 11.8 Å². The van der Waals surface area contributed by atoms with Crippen LogP contribution in [-0.4, -0.2) is 38.9 Å². The van der Waals surface area contributed by atoms with E-state index >= 15 is 0 Å². The molecule has 0 radical (unpaired) electrons. The fraction of sp³-hybridized carbons (Fsp3) is 0.333. The van der Waals surface area contributed by atoms with Crippen molar-refractivity contribution in [3.8, 4) is 0 Å². The van der Waals surface area contributed by atoms with Crippen molar-refractivity contribution in [1.82, 2.24) is 4.31 Å². The Bertz CT molecular complexity index is 862. The van der Waals surface area contributed by atoms with Gasteiger partial charge in [0.15, 0.2) is 0 Å². The summed E-state index contributed by atoms with van der Waals surface area (Å²) >= 11 is 16.4. The topological polar surface area (TPSA) is 40.6 Å². The van der Waals surface area contributed by atoms with Crippen molar-refractivity contribution in [3.63, 3.8) is 0 Å². The standard InChI is InChI=1S/C15H15BrCl2N2O2S2/c1-10-4-2-3-5-11(10)19-6-8-20(9-7-19)24(21,22)13-12(16)14(17)23-15(13)18/h2-5H,6-9H2,1H3. The first-order valence-corrected chi connectivity index (χ1v) is 11.1. The van der Waals surface area contributed by atoms with Crippen molar-refractivity contribution < 1.29 is 8.42 Å². The highest BCUT2D eigenvalue weighted by molar-refractivity contribution is 9.10. The summed E-state index contributed by atoms with van der Waals surface area (Å²) in [7, 11) is -3.66. The number of aryl methyl sites for hydroxylation is 1. The summed E-state index contributed by atoms with van der Waals surface area (Å²) in [6.45, 7) is 4.15. The highest BCUT2D eigenvalue weighted by Gasteiger charge is 2.34. The van der Waals surface area contributed by atoms with E-state index in [0.29, 0.717) is 35.0 Å². The van der Waals surface area contributed by atoms with E-state index in [1.165, 1.54) is 9.87 Å². The molecular formula is C15H15BrCl2N2O2S2. The summed E-state index contributed by atoms with van der Waals surface area (Å²) in [5, 5.41) is 0. The molecule has 3 rings (SSSR count). The fourth-order valence-corrected chi connectivity index (χ4v) is 7.68. The third kappa shape index (κ3) is 3.34. The minimum absolute atomic E-state index is 0.0727. The van der Waals surface area contributed by atoms with Gasteiger partial charge in [0.1, 0.15) is 13.6 Å². The van der Waals surface area contributed by atoms with E-state index in [1.54, 1.807) is 0 Å². The largest absolute Gasteiger partial charge is 0.369 e. The van der Waals surface area contributed by atoms with Crippen LogP contribution < -0.4 is 4.90 Å². The Labute approximate surface area is 164 Å². The van der Waals surface area contributed by atoms with Gasteiger partial charge >= 0.3 is 0 Å². The molecule has 1 aromatic heterocycles. The van der Waals surface area contributed by atoms with E-state index in [2.05, 4.69) is 39.9 Å².